The number of rotatable bonds is 1. The highest BCUT2D eigenvalue weighted by molar-refractivity contribution is 9.10. The lowest BCUT2D eigenvalue weighted by atomic mass is 9.86. The van der Waals surface area contributed by atoms with Crippen LogP contribution in [0.5, 0.6) is 0 Å². The molecule has 0 saturated carbocycles. The average molecular weight is 343 g/mol. The quantitative estimate of drug-likeness (QED) is 0.735. The molecule has 0 spiro atoms. The average Bonchev–Trinajstić information content (AvgIpc) is 2.67. The lowest BCUT2D eigenvalue weighted by Gasteiger charge is -2.33. The zero-order chi connectivity index (χ0) is 13.8. The monoisotopic (exact) mass is 342 g/mol. The van der Waals surface area contributed by atoms with E-state index < -0.39 is 11.4 Å². The van der Waals surface area contributed by atoms with Crippen molar-refractivity contribution in [1.82, 2.24) is 9.29 Å². The SMILES string of the molecule is CC(C)(C)[S+]([O-])N1CC2Cc3c(Br)cncc3C1C2. The molecule has 1 fully saturated rings. The standard InChI is InChI=1S/C14H19BrN2OS/c1-14(2,3)19(18)17-8-9-4-10-11(13(17)5-9)6-16-7-12(10)15/h6-7,9,13H,4-5,8H2,1-3H3. The molecule has 0 aromatic carbocycles. The highest BCUT2D eigenvalue weighted by Crippen LogP contribution is 2.47. The van der Waals surface area contributed by atoms with E-state index in [2.05, 4.69) is 25.2 Å². The first-order chi connectivity index (χ1) is 8.88. The van der Waals surface area contributed by atoms with Crippen molar-refractivity contribution in [3.63, 3.8) is 0 Å². The van der Waals surface area contributed by atoms with Gasteiger partial charge in [-0.15, -0.1) is 4.31 Å². The van der Waals surface area contributed by atoms with Gasteiger partial charge in [-0.2, -0.15) is 0 Å². The van der Waals surface area contributed by atoms with Crippen LogP contribution in [-0.4, -0.2) is 25.1 Å². The Morgan fingerprint density at radius 2 is 2.16 bits per heavy atom. The Kier molecular flexibility index (Phi) is 3.45. The van der Waals surface area contributed by atoms with E-state index >= 15 is 0 Å². The molecule has 19 heavy (non-hydrogen) atoms. The summed E-state index contributed by atoms with van der Waals surface area (Å²) in [4.78, 5) is 4.30. The molecule has 3 atom stereocenters. The van der Waals surface area contributed by atoms with Gasteiger partial charge >= 0.3 is 0 Å². The van der Waals surface area contributed by atoms with E-state index in [4.69, 9.17) is 0 Å². The van der Waals surface area contributed by atoms with Crippen LogP contribution >= 0.6 is 15.9 Å². The molecule has 0 amide bonds. The minimum Gasteiger partial charge on any atom is -0.597 e. The van der Waals surface area contributed by atoms with Crippen molar-refractivity contribution in [3.05, 3.63) is 28.0 Å². The van der Waals surface area contributed by atoms with Gasteiger partial charge in [0.05, 0.1) is 6.04 Å². The van der Waals surface area contributed by atoms with E-state index in [-0.39, 0.29) is 10.8 Å². The number of hydrogen-bond acceptors (Lipinski definition) is 3. The molecule has 0 N–H and O–H groups in total. The summed E-state index contributed by atoms with van der Waals surface area (Å²) in [6.07, 6.45) is 6.02. The zero-order valence-electron chi connectivity index (χ0n) is 11.5. The summed E-state index contributed by atoms with van der Waals surface area (Å²) in [7, 11) is 0. The maximum Gasteiger partial charge on any atom is 0.137 e. The van der Waals surface area contributed by atoms with Crippen molar-refractivity contribution < 1.29 is 4.55 Å². The van der Waals surface area contributed by atoms with Crippen molar-refractivity contribution in [1.29, 1.82) is 0 Å². The van der Waals surface area contributed by atoms with E-state index in [1.807, 2.05) is 33.2 Å². The Labute approximate surface area is 126 Å². The Balaban J connectivity index is 1.98. The maximum absolute atomic E-state index is 12.7. The lowest BCUT2D eigenvalue weighted by Crippen LogP contribution is -2.42. The number of nitrogens with zero attached hydrogens (tertiary/aromatic N) is 2. The molecule has 0 radical (unpaired) electrons. The fourth-order valence-electron chi connectivity index (χ4n) is 3.12. The predicted octanol–water partition coefficient (Wildman–Crippen LogP) is 3.23. The second-order valence-corrected chi connectivity index (χ2v) is 9.52. The fraction of sp³-hybridized carbons (Fsp3) is 0.643. The molecule has 3 rings (SSSR count). The third-order valence-electron chi connectivity index (χ3n) is 3.97. The van der Waals surface area contributed by atoms with Gasteiger partial charge in [0, 0.05) is 34.8 Å². The van der Waals surface area contributed by atoms with Crippen LogP contribution in [0, 0.1) is 5.92 Å². The minimum absolute atomic E-state index is 0.197. The summed E-state index contributed by atoms with van der Waals surface area (Å²) < 4.78 is 15.8. The number of fused-ring (bicyclic) bond motifs is 4. The van der Waals surface area contributed by atoms with Crippen LogP contribution in [0.1, 0.15) is 44.4 Å². The number of hydrogen-bond donors (Lipinski definition) is 0. The van der Waals surface area contributed by atoms with Crippen LogP contribution in [-0.2, 0) is 17.8 Å². The highest BCUT2D eigenvalue weighted by atomic mass is 79.9. The lowest BCUT2D eigenvalue weighted by molar-refractivity contribution is 0.380. The Bertz CT molecular complexity index is 503. The Hall–Kier alpha value is -0.100. The van der Waals surface area contributed by atoms with E-state index in [1.54, 1.807) is 0 Å². The van der Waals surface area contributed by atoms with Gasteiger partial charge in [0.2, 0.25) is 0 Å². The number of halogens is 1. The smallest absolute Gasteiger partial charge is 0.137 e. The summed E-state index contributed by atoms with van der Waals surface area (Å²) in [5, 5.41) is 0. The number of pyridine rings is 1. The van der Waals surface area contributed by atoms with Gasteiger partial charge in [0.25, 0.3) is 0 Å². The van der Waals surface area contributed by atoms with Crippen LogP contribution in [0.2, 0.25) is 0 Å². The summed E-state index contributed by atoms with van der Waals surface area (Å²) in [6, 6.07) is 0.277. The topological polar surface area (TPSA) is 39.2 Å². The Morgan fingerprint density at radius 1 is 1.42 bits per heavy atom. The molecular formula is C14H19BrN2OS. The van der Waals surface area contributed by atoms with Gasteiger partial charge in [0.15, 0.2) is 0 Å². The summed E-state index contributed by atoms with van der Waals surface area (Å²) in [6.45, 7) is 7.08. The second-order valence-electron chi connectivity index (χ2n) is 6.47. The zero-order valence-corrected chi connectivity index (χ0v) is 13.9. The molecule has 1 aromatic rings. The molecule has 2 heterocycles. The van der Waals surface area contributed by atoms with Crippen molar-refractivity contribution in [3.8, 4) is 0 Å². The predicted molar refractivity (Wildman–Crippen MR) is 81.1 cm³/mol. The first-order valence-electron chi connectivity index (χ1n) is 6.69. The third-order valence-corrected chi connectivity index (χ3v) is 6.53. The largest absolute Gasteiger partial charge is 0.597 e. The van der Waals surface area contributed by atoms with Crippen LogP contribution in [0.25, 0.3) is 0 Å². The molecule has 3 unspecified atom stereocenters. The molecule has 1 aromatic heterocycles. The number of aromatic nitrogens is 1. The van der Waals surface area contributed by atoms with Crippen molar-refractivity contribution in [2.24, 2.45) is 5.92 Å². The van der Waals surface area contributed by atoms with Gasteiger partial charge in [0.1, 0.15) is 4.75 Å². The van der Waals surface area contributed by atoms with E-state index in [0.717, 1.165) is 23.9 Å². The molecule has 5 heteroatoms. The van der Waals surface area contributed by atoms with Gasteiger partial charge in [-0.25, -0.2) is 0 Å². The normalized spacial score (nSPS) is 28.3. The minimum atomic E-state index is -0.947. The third kappa shape index (κ3) is 2.35. The fourth-order valence-corrected chi connectivity index (χ4v) is 5.11. The molecule has 1 saturated heterocycles. The molecule has 1 aliphatic heterocycles. The van der Waals surface area contributed by atoms with Crippen molar-refractivity contribution >= 4 is 27.3 Å². The van der Waals surface area contributed by atoms with Gasteiger partial charge in [-0.05, 0) is 66.6 Å². The van der Waals surface area contributed by atoms with Crippen LogP contribution in [0.4, 0.5) is 0 Å². The molecule has 1 aliphatic carbocycles. The summed E-state index contributed by atoms with van der Waals surface area (Å²) in [5.74, 6) is 0.627. The van der Waals surface area contributed by atoms with Crippen molar-refractivity contribution in [2.45, 2.75) is 44.4 Å². The second kappa shape index (κ2) is 4.72. The van der Waals surface area contributed by atoms with E-state index in [9.17, 15) is 4.55 Å². The summed E-state index contributed by atoms with van der Waals surface area (Å²) >= 11 is 2.66. The molecular weight excluding hydrogens is 324 g/mol. The molecule has 2 bridgehead atoms. The first-order valence-corrected chi connectivity index (χ1v) is 8.59. The maximum atomic E-state index is 12.7. The van der Waals surface area contributed by atoms with Crippen LogP contribution < -0.4 is 0 Å². The van der Waals surface area contributed by atoms with Gasteiger partial charge in [-0.1, -0.05) is 0 Å². The highest BCUT2D eigenvalue weighted by Gasteiger charge is 2.48. The molecule has 3 nitrogen and oxygen atoms in total. The van der Waals surface area contributed by atoms with Gasteiger partial charge in [-0.3, -0.25) is 4.98 Å². The Morgan fingerprint density at radius 3 is 2.84 bits per heavy atom. The van der Waals surface area contributed by atoms with E-state index in [1.165, 1.54) is 11.1 Å². The molecule has 2 aliphatic rings. The van der Waals surface area contributed by atoms with Crippen LogP contribution in [0.15, 0.2) is 16.9 Å². The van der Waals surface area contributed by atoms with Crippen LogP contribution in [0.3, 0.4) is 0 Å². The van der Waals surface area contributed by atoms with Gasteiger partial charge < -0.3 is 4.55 Å². The van der Waals surface area contributed by atoms with Crippen molar-refractivity contribution in [2.75, 3.05) is 6.54 Å². The molecule has 104 valence electrons. The van der Waals surface area contributed by atoms with E-state index in [0.29, 0.717) is 5.92 Å². The summed E-state index contributed by atoms with van der Waals surface area (Å²) in [5.41, 5.74) is 2.63. The first kappa shape index (κ1) is 13.9.